The highest BCUT2D eigenvalue weighted by Crippen LogP contribution is 2.32. The van der Waals surface area contributed by atoms with Crippen molar-refractivity contribution in [2.75, 3.05) is 0 Å². The van der Waals surface area contributed by atoms with E-state index in [4.69, 9.17) is 0 Å². The van der Waals surface area contributed by atoms with Crippen LogP contribution in [0.25, 0.3) is 0 Å². The summed E-state index contributed by atoms with van der Waals surface area (Å²) in [6.45, 7) is 12.4. The molecule has 1 aromatic rings. The highest BCUT2D eigenvalue weighted by atomic mass is 16.1. The minimum Gasteiger partial charge on any atom is -0.350 e. The third kappa shape index (κ3) is 6.25. The summed E-state index contributed by atoms with van der Waals surface area (Å²) in [4.78, 5) is 12.4. The van der Waals surface area contributed by atoms with E-state index >= 15 is 0 Å². The summed E-state index contributed by atoms with van der Waals surface area (Å²) in [7, 11) is 0. The Balaban J connectivity index is 1.74. The van der Waals surface area contributed by atoms with Crippen LogP contribution in [-0.2, 0) is 17.9 Å². The summed E-state index contributed by atoms with van der Waals surface area (Å²) < 4.78 is 1.86. The van der Waals surface area contributed by atoms with Crippen LogP contribution in [0.3, 0.4) is 0 Å². The number of hydrogen-bond acceptors (Lipinski definition) is 3. The summed E-state index contributed by atoms with van der Waals surface area (Å²) in [5.74, 6) is 1.93. The van der Waals surface area contributed by atoms with Crippen LogP contribution < -0.4 is 5.32 Å². The lowest BCUT2D eigenvalue weighted by Gasteiger charge is -2.28. The summed E-state index contributed by atoms with van der Waals surface area (Å²) in [6, 6.07) is 0. The molecule has 0 bridgehead atoms. The lowest BCUT2D eigenvalue weighted by atomic mass is 9.78. The molecule has 0 saturated heterocycles. The Kier molecular flexibility index (Phi) is 6.41. The van der Waals surface area contributed by atoms with E-state index in [2.05, 4.69) is 50.2 Å². The molecule has 1 saturated carbocycles. The van der Waals surface area contributed by atoms with Crippen LogP contribution >= 0.6 is 0 Å². The van der Waals surface area contributed by atoms with Crippen LogP contribution in [0.2, 0.25) is 0 Å². The first kappa shape index (κ1) is 18.9. The van der Waals surface area contributed by atoms with Gasteiger partial charge in [0.05, 0.1) is 12.7 Å². The van der Waals surface area contributed by atoms with Gasteiger partial charge in [-0.3, -0.25) is 9.48 Å². The summed E-state index contributed by atoms with van der Waals surface area (Å²) >= 11 is 0. The zero-order chi connectivity index (χ0) is 17.7. The largest absolute Gasteiger partial charge is 0.350 e. The van der Waals surface area contributed by atoms with E-state index in [0.717, 1.165) is 36.9 Å². The van der Waals surface area contributed by atoms with Gasteiger partial charge in [0.25, 0.3) is 0 Å². The molecule has 0 radical (unpaired) electrons. The highest BCUT2D eigenvalue weighted by Gasteiger charge is 2.26. The van der Waals surface area contributed by atoms with Crippen LogP contribution in [0, 0.1) is 23.2 Å². The van der Waals surface area contributed by atoms with Crippen molar-refractivity contribution in [1.29, 1.82) is 0 Å². The Morgan fingerprint density at radius 3 is 2.54 bits per heavy atom. The van der Waals surface area contributed by atoms with Crippen LogP contribution in [0.4, 0.5) is 0 Å². The van der Waals surface area contributed by atoms with E-state index in [-0.39, 0.29) is 17.2 Å². The molecule has 1 aliphatic rings. The molecule has 1 aromatic heterocycles. The Morgan fingerprint density at radius 1 is 1.29 bits per heavy atom. The number of aromatic nitrogens is 3. The molecule has 1 aliphatic carbocycles. The Morgan fingerprint density at radius 2 is 1.96 bits per heavy atom. The summed E-state index contributed by atoms with van der Waals surface area (Å²) in [5, 5.41) is 11.4. The molecule has 0 unspecified atom stereocenters. The van der Waals surface area contributed by atoms with Crippen molar-refractivity contribution in [2.24, 2.45) is 23.2 Å². The number of nitrogens with zero attached hydrogens (tertiary/aromatic N) is 3. The second-order valence-electron chi connectivity index (χ2n) is 9.03. The minimum atomic E-state index is 0.169. The lowest BCUT2D eigenvalue weighted by Crippen LogP contribution is -2.33. The van der Waals surface area contributed by atoms with E-state index in [1.54, 1.807) is 0 Å². The number of hydrogen-bond donors (Lipinski definition) is 1. The molecule has 5 nitrogen and oxygen atoms in total. The molecule has 2 rings (SSSR count). The van der Waals surface area contributed by atoms with Gasteiger partial charge in [0.1, 0.15) is 5.69 Å². The first-order valence-corrected chi connectivity index (χ1v) is 9.39. The van der Waals surface area contributed by atoms with Crippen LogP contribution in [-0.4, -0.2) is 20.9 Å². The third-order valence-corrected chi connectivity index (χ3v) is 4.69. The van der Waals surface area contributed by atoms with Gasteiger partial charge in [-0.2, -0.15) is 0 Å². The summed E-state index contributed by atoms with van der Waals surface area (Å²) in [5.41, 5.74) is 1.00. The molecule has 1 N–H and O–H groups in total. The van der Waals surface area contributed by atoms with Crippen molar-refractivity contribution in [1.82, 2.24) is 20.3 Å². The maximum Gasteiger partial charge on any atom is 0.223 e. The predicted molar refractivity (Wildman–Crippen MR) is 96.2 cm³/mol. The Labute approximate surface area is 146 Å². The van der Waals surface area contributed by atoms with Crippen molar-refractivity contribution in [2.45, 2.75) is 79.8 Å². The molecular weight excluding hydrogens is 300 g/mol. The van der Waals surface area contributed by atoms with E-state index in [1.165, 1.54) is 19.3 Å². The van der Waals surface area contributed by atoms with Crippen molar-refractivity contribution >= 4 is 5.91 Å². The van der Waals surface area contributed by atoms with Gasteiger partial charge < -0.3 is 5.32 Å². The monoisotopic (exact) mass is 334 g/mol. The molecule has 1 fully saturated rings. The number of carbonyl (C=O) groups excluding carboxylic acids is 1. The molecule has 1 heterocycles. The van der Waals surface area contributed by atoms with Gasteiger partial charge in [-0.1, -0.05) is 39.8 Å². The number of rotatable bonds is 6. The van der Waals surface area contributed by atoms with Crippen molar-refractivity contribution in [3.63, 3.8) is 0 Å². The standard InChI is InChI=1S/C19H34N4O/c1-14(2)10-15-6-8-16(9-7-15)18(24)20-11-17-12-23(22-21-17)13-19(3,4)5/h12,14-16H,6-11,13H2,1-5H3,(H,20,24). The van der Waals surface area contributed by atoms with Crippen LogP contribution in [0.5, 0.6) is 0 Å². The molecule has 0 spiro atoms. The molecule has 0 aliphatic heterocycles. The number of nitrogens with one attached hydrogen (secondary N) is 1. The van der Waals surface area contributed by atoms with Gasteiger partial charge in [0.15, 0.2) is 0 Å². The van der Waals surface area contributed by atoms with E-state index in [1.807, 2.05) is 10.9 Å². The van der Waals surface area contributed by atoms with Gasteiger partial charge in [-0.15, -0.1) is 5.10 Å². The van der Waals surface area contributed by atoms with Crippen LogP contribution in [0.1, 0.15) is 72.4 Å². The lowest BCUT2D eigenvalue weighted by molar-refractivity contribution is -0.126. The zero-order valence-electron chi connectivity index (χ0n) is 16.0. The first-order chi connectivity index (χ1) is 11.2. The van der Waals surface area contributed by atoms with Gasteiger partial charge in [-0.05, 0) is 49.4 Å². The fourth-order valence-corrected chi connectivity index (χ4v) is 3.63. The quantitative estimate of drug-likeness (QED) is 0.861. The van der Waals surface area contributed by atoms with Crippen LogP contribution in [0.15, 0.2) is 6.20 Å². The predicted octanol–water partition coefficient (Wildman–Crippen LogP) is 3.79. The molecule has 1 amide bonds. The van der Waals surface area contributed by atoms with E-state index in [0.29, 0.717) is 6.54 Å². The number of amides is 1. The van der Waals surface area contributed by atoms with Gasteiger partial charge in [0, 0.05) is 12.5 Å². The van der Waals surface area contributed by atoms with Gasteiger partial charge in [-0.25, -0.2) is 0 Å². The minimum absolute atomic E-state index is 0.169. The molecule has 5 heteroatoms. The molecular formula is C19H34N4O. The first-order valence-electron chi connectivity index (χ1n) is 9.39. The van der Waals surface area contributed by atoms with E-state index < -0.39 is 0 Å². The van der Waals surface area contributed by atoms with Crippen molar-refractivity contribution in [3.8, 4) is 0 Å². The van der Waals surface area contributed by atoms with Crippen molar-refractivity contribution < 1.29 is 4.79 Å². The molecule has 136 valence electrons. The average Bonchev–Trinajstić information content (AvgIpc) is 2.90. The van der Waals surface area contributed by atoms with E-state index in [9.17, 15) is 4.79 Å². The second kappa shape index (κ2) is 8.13. The smallest absolute Gasteiger partial charge is 0.223 e. The Hall–Kier alpha value is -1.39. The normalized spacial score (nSPS) is 21.9. The zero-order valence-corrected chi connectivity index (χ0v) is 16.0. The SMILES string of the molecule is CC(C)CC1CCC(C(=O)NCc2cn(CC(C)(C)C)nn2)CC1. The average molecular weight is 335 g/mol. The highest BCUT2D eigenvalue weighted by molar-refractivity contribution is 5.78. The number of carbonyl (C=O) groups is 1. The van der Waals surface area contributed by atoms with Gasteiger partial charge in [0.2, 0.25) is 5.91 Å². The Bertz CT molecular complexity index is 522. The maximum atomic E-state index is 12.4. The van der Waals surface area contributed by atoms with Crippen molar-refractivity contribution in [3.05, 3.63) is 11.9 Å². The third-order valence-electron chi connectivity index (χ3n) is 4.69. The van der Waals surface area contributed by atoms with Gasteiger partial charge >= 0.3 is 0 Å². The fraction of sp³-hybridized carbons (Fsp3) is 0.842. The fourth-order valence-electron chi connectivity index (χ4n) is 3.63. The molecule has 24 heavy (non-hydrogen) atoms. The maximum absolute atomic E-state index is 12.4. The molecule has 0 aromatic carbocycles. The topological polar surface area (TPSA) is 59.8 Å². The molecule has 0 atom stereocenters. The second-order valence-corrected chi connectivity index (χ2v) is 9.03. The summed E-state index contributed by atoms with van der Waals surface area (Å²) in [6.07, 6.45) is 7.67.